The molecule has 4 nitrogen and oxygen atoms in total. The van der Waals surface area contributed by atoms with Crippen LogP contribution in [0.15, 0.2) is 48.5 Å². The van der Waals surface area contributed by atoms with Gasteiger partial charge in [-0.25, -0.2) is 9.59 Å². The Kier molecular flexibility index (Phi) is 14.5. The zero-order chi connectivity index (χ0) is 31.9. The summed E-state index contributed by atoms with van der Waals surface area (Å²) in [4.78, 5) is 25.5. The van der Waals surface area contributed by atoms with Crippen LogP contribution in [0.1, 0.15) is 123 Å². The van der Waals surface area contributed by atoms with Crippen molar-refractivity contribution in [3.63, 3.8) is 0 Å². The molecule has 2 aromatic rings. The van der Waals surface area contributed by atoms with Gasteiger partial charge in [-0.3, -0.25) is 0 Å². The Morgan fingerprint density at radius 3 is 1.63 bits per heavy atom. The third-order valence-electron chi connectivity index (χ3n) is 7.39. The van der Waals surface area contributed by atoms with Crippen molar-refractivity contribution in [2.75, 3.05) is 13.2 Å². The van der Waals surface area contributed by atoms with E-state index in [9.17, 15) is 35.9 Å². The summed E-state index contributed by atoms with van der Waals surface area (Å²) in [6.45, 7) is 3.99. The molecule has 0 bridgehead atoms. The first-order chi connectivity index (χ1) is 20.4. The van der Waals surface area contributed by atoms with Crippen LogP contribution in [0.4, 0.5) is 26.3 Å². The standard InChI is InChI=1S/C33H42F6O4/c1-3-5-7-9-11-15-22-42-29(40)25-18-17-19-26(24-25)31(32(34,35)36,33(37,38)39)28-21-14-13-20-27(28)30(41)43-23-16-12-10-8-6-4-2/h13-14,17-21,24H,3-12,15-16,22-23H2,1-2H3. The van der Waals surface area contributed by atoms with Crippen molar-refractivity contribution in [1.29, 1.82) is 0 Å². The average Bonchev–Trinajstić information content (AvgIpc) is 2.95. The van der Waals surface area contributed by atoms with Gasteiger partial charge in [-0.15, -0.1) is 0 Å². The van der Waals surface area contributed by atoms with E-state index in [1.165, 1.54) is 6.07 Å². The van der Waals surface area contributed by atoms with Crippen LogP contribution in [0.3, 0.4) is 0 Å². The highest BCUT2D eigenvalue weighted by Gasteiger charge is 2.73. The van der Waals surface area contributed by atoms with Gasteiger partial charge in [-0.2, -0.15) is 26.3 Å². The Morgan fingerprint density at radius 1 is 0.605 bits per heavy atom. The Hall–Kier alpha value is -3.04. The van der Waals surface area contributed by atoms with Gasteiger partial charge in [0.1, 0.15) is 0 Å². The van der Waals surface area contributed by atoms with E-state index >= 15 is 0 Å². The third-order valence-corrected chi connectivity index (χ3v) is 7.39. The summed E-state index contributed by atoms with van der Waals surface area (Å²) >= 11 is 0. The zero-order valence-electron chi connectivity index (χ0n) is 24.9. The second-order valence-corrected chi connectivity index (χ2v) is 10.7. The van der Waals surface area contributed by atoms with Crippen LogP contribution in [0, 0.1) is 0 Å². The lowest BCUT2D eigenvalue weighted by Gasteiger charge is -2.39. The van der Waals surface area contributed by atoms with Crippen molar-refractivity contribution in [1.82, 2.24) is 0 Å². The molecule has 0 unspecified atom stereocenters. The van der Waals surface area contributed by atoms with Crippen LogP contribution >= 0.6 is 0 Å². The molecule has 0 aliphatic rings. The molecule has 0 saturated carbocycles. The van der Waals surface area contributed by atoms with Crippen LogP contribution in [0.5, 0.6) is 0 Å². The first kappa shape index (κ1) is 36.2. The van der Waals surface area contributed by atoms with Gasteiger partial charge >= 0.3 is 24.3 Å². The molecule has 240 valence electrons. The van der Waals surface area contributed by atoms with E-state index < -0.39 is 52.0 Å². The predicted molar refractivity (Wildman–Crippen MR) is 153 cm³/mol. The minimum atomic E-state index is -5.94. The van der Waals surface area contributed by atoms with Crippen LogP contribution in [-0.4, -0.2) is 37.5 Å². The molecular weight excluding hydrogens is 574 g/mol. The van der Waals surface area contributed by atoms with Gasteiger partial charge in [0, 0.05) is 0 Å². The number of alkyl halides is 6. The van der Waals surface area contributed by atoms with E-state index in [1.54, 1.807) is 0 Å². The number of carbonyl (C=O) groups excluding carboxylic acids is 2. The molecule has 0 aromatic heterocycles. The van der Waals surface area contributed by atoms with Crippen molar-refractivity contribution >= 4 is 11.9 Å². The van der Waals surface area contributed by atoms with Crippen molar-refractivity contribution in [3.05, 3.63) is 70.8 Å². The Balaban J connectivity index is 2.40. The summed E-state index contributed by atoms with van der Waals surface area (Å²) in [6, 6.07) is 6.96. The lowest BCUT2D eigenvalue weighted by molar-refractivity contribution is -0.288. The molecule has 0 aliphatic heterocycles. The van der Waals surface area contributed by atoms with Crippen molar-refractivity contribution in [2.45, 2.75) is 109 Å². The molecule has 10 heteroatoms. The third kappa shape index (κ3) is 9.73. The second kappa shape index (κ2) is 17.3. The monoisotopic (exact) mass is 616 g/mol. The van der Waals surface area contributed by atoms with Crippen LogP contribution in [-0.2, 0) is 14.9 Å². The van der Waals surface area contributed by atoms with Gasteiger partial charge < -0.3 is 9.47 Å². The summed E-state index contributed by atoms with van der Waals surface area (Å²) in [6.07, 6.45) is -1.39. The molecule has 43 heavy (non-hydrogen) atoms. The van der Waals surface area contributed by atoms with Gasteiger partial charge in [0.25, 0.3) is 0 Å². The van der Waals surface area contributed by atoms with E-state index in [-0.39, 0.29) is 13.2 Å². The number of unbranched alkanes of at least 4 members (excludes halogenated alkanes) is 10. The molecule has 0 N–H and O–H groups in total. The second-order valence-electron chi connectivity index (χ2n) is 10.7. The molecule has 0 amide bonds. The zero-order valence-corrected chi connectivity index (χ0v) is 24.9. The molecule has 0 aliphatic carbocycles. The highest BCUT2D eigenvalue weighted by atomic mass is 19.4. The lowest BCUT2D eigenvalue weighted by atomic mass is 9.71. The maximum absolute atomic E-state index is 14.9. The topological polar surface area (TPSA) is 52.6 Å². The largest absolute Gasteiger partial charge is 0.462 e. The Bertz CT molecular complexity index is 1130. The van der Waals surface area contributed by atoms with Crippen molar-refractivity contribution in [3.8, 4) is 0 Å². The smallest absolute Gasteiger partial charge is 0.411 e. The van der Waals surface area contributed by atoms with E-state index in [0.717, 1.165) is 82.1 Å². The number of halogens is 6. The fraction of sp³-hybridized carbons (Fsp3) is 0.576. The van der Waals surface area contributed by atoms with E-state index in [4.69, 9.17) is 9.47 Å². The maximum Gasteiger partial charge on any atom is 0.411 e. The van der Waals surface area contributed by atoms with Crippen molar-refractivity contribution < 1.29 is 45.4 Å². The maximum atomic E-state index is 14.9. The molecule has 2 aromatic carbocycles. The van der Waals surface area contributed by atoms with Crippen LogP contribution < -0.4 is 0 Å². The summed E-state index contributed by atoms with van der Waals surface area (Å²) in [5, 5.41) is 0. The summed E-state index contributed by atoms with van der Waals surface area (Å²) < 4.78 is 99.4. The minimum absolute atomic E-state index is 0.00779. The Labute approximate surface area is 250 Å². The normalized spacial score (nSPS) is 12.3. The number of carbonyl (C=O) groups is 2. The van der Waals surface area contributed by atoms with Crippen molar-refractivity contribution in [2.24, 2.45) is 0 Å². The summed E-state index contributed by atoms with van der Waals surface area (Å²) in [7, 11) is 0. The van der Waals surface area contributed by atoms with Crippen LogP contribution in [0.25, 0.3) is 0 Å². The number of esters is 2. The number of benzene rings is 2. The van der Waals surface area contributed by atoms with Gasteiger partial charge in [-0.1, -0.05) is 108 Å². The highest BCUT2D eigenvalue weighted by Crippen LogP contribution is 2.57. The van der Waals surface area contributed by atoms with Gasteiger partial charge in [0.15, 0.2) is 0 Å². The van der Waals surface area contributed by atoms with Gasteiger partial charge in [-0.05, 0) is 42.2 Å². The molecule has 0 heterocycles. The fourth-order valence-corrected chi connectivity index (χ4v) is 5.07. The molecule has 0 radical (unpaired) electrons. The van der Waals surface area contributed by atoms with E-state index in [0.29, 0.717) is 37.5 Å². The van der Waals surface area contributed by atoms with Gasteiger partial charge in [0.2, 0.25) is 5.41 Å². The number of ether oxygens (including phenoxy) is 2. The molecule has 0 saturated heterocycles. The summed E-state index contributed by atoms with van der Waals surface area (Å²) in [5.41, 5.74) is -8.49. The first-order valence-electron chi connectivity index (χ1n) is 15.1. The van der Waals surface area contributed by atoms with E-state index in [1.807, 2.05) is 0 Å². The molecular formula is C33H42F6O4. The summed E-state index contributed by atoms with van der Waals surface area (Å²) in [5.74, 6) is -2.31. The quantitative estimate of drug-likeness (QED) is 0.0950. The Morgan fingerprint density at radius 2 is 1.09 bits per heavy atom. The average molecular weight is 617 g/mol. The van der Waals surface area contributed by atoms with E-state index in [2.05, 4.69) is 13.8 Å². The predicted octanol–water partition coefficient (Wildman–Crippen LogP) is 10.1. The minimum Gasteiger partial charge on any atom is -0.462 e. The lowest BCUT2D eigenvalue weighted by Crippen LogP contribution is -2.55. The number of hydrogen-bond donors (Lipinski definition) is 0. The van der Waals surface area contributed by atoms with Crippen LogP contribution in [0.2, 0.25) is 0 Å². The first-order valence-corrected chi connectivity index (χ1v) is 15.1. The van der Waals surface area contributed by atoms with Gasteiger partial charge in [0.05, 0.1) is 24.3 Å². The molecule has 0 atom stereocenters. The number of hydrogen-bond acceptors (Lipinski definition) is 4. The molecule has 2 rings (SSSR count). The molecule has 0 fully saturated rings. The SMILES string of the molecule is CCCCCCCCOC(=O)c1cccc(C(c2ccccc2C(=O)OCCCCCCCC)(C(F)(F)F)C(F)(F)F)c1. The molecule has 0 spiro atoms. The number of rotatable bonds is 18. The fourth-order valence-electron chi connectivity index (χ4n) is 5.07. The highest BCUT2D eigenvalue weighted by molar-refractivity contribution is 5.92.